The first-order chi connectivity index (χ1) is 10.3. The van der Waals surface area contributed by atoms with E-state index in [4.69, 9.17) is 26.8 Å². The van der Waals surface area contributed by atoms with E-state index in [0.29, 0.717) is 24.8 Å². The highest BCUT2D eigenvalue weighted by atomic mass is 35.5. The van der Waals surface area contributed by atoms with Gasteiger partial charge in [-0.05, 0) is 38.5 Å². The van der Waals surface area contributed by atoms with Crippen molar-refractivity contribution in [3.05, 3.63) is 34.9 Å². The second-order valence-electron chi connectivity index (χ2n) is 6.39. The Labute approximate surface area is 136 Å². The van der Waals surface area contributed by atoms with Gasteiger partial charge in [-0.3, -0.25) is 4.90 Å². The Kier molecular flexibility index (Phi) is 5.32. The van der Waals surface area contributed by atoms with Gasteiger partial charge in [0, 0.05) is 11.6 Å². The first-order valence-electron chi connectivity index (χ1n) is 7.36. The fourth-order valence-electron chi connectivity index (χ4n) is 2.37. The molecular formula is C16H23ClN2O3. The maximum absolute atomic E-state index is 12.4. The summed E-state index contributed by atoms with van der Waals surface area (Å²) < 4.78 is 11.0. The maximum atomic E-state index is 12.4. The second-order valence-corrected chi connectivity index (χ2v) is 6.83. The highest BCUT2D eigenvalue weighted by Crippen LogP contribution is 2.24. The topological polar surface area (TPSA) is 64.8 Å². The summed E-state index contributed by atoms with van der Waals surface area (Å²) in [6.07, 6.45) is -0.356. The van der Waals surface area contributed by atoms with Crippen molar-refractivity contribution in [3.63, 3.8) is 0 Å². The molecule has 1 aromatic carbocycles. The van der Waals surface area contributed by atoms with Gasteiger partial charge >= 0.3 is 6.09 Å². The molecule has 0 saturated carbocycles. The largest absolute Gasteiger partial charge is 0.444 e. The van der Waals surface area contributed by atoms with Crippen LogP contribution in [0.3, 0.4) is 0 Å². The molecule has 1 aromatic rings. The van der Waals surface area contributed by atoms with Crippen LogP contribution in [0.2, 0.25) is 5.02 Å². The number of rotatable bonds is 2. The smallest absolute Gasteiger partial charge is 0.410 e. The van der Waals surface area contributed by atoms with Crippen molar-refractivity contribution in [1.82, 2.24) is 4.90 Å². The van der Waals surface area contributed by atoms with Crippen LogP contribution in [0, 0.1) is 0 Å². The Morgan fingerprint density at radius 2 is 2.05 bits per heavy atom. The third-order valence-corrected chi connectivity index (χ3v) is 3.71. The van der Waals surface area contributed by atoms with E-state index in [9.17, 15) is 4.79 Å². The molecule has 1 aliphatic heterocycles. The monoisotopic (exact) mass is 326 g/mol. The average molecular weight is 327 g/mol. The van der Waals surface area contributed by atoms with Crippen molar-refractivity contribution in [2.75, 3.05) is 19.8 Å². The van der Waals surface area contributed by atoms with Crippen LogP contribution in [0.1, 0.15) is 32.4 Å². The molecule has 0 bridgehead atoms. The zero-order valence-electron chi connectivity index (χ0n) is 13.2. The third-order valence-electron chi connectivity index (χ3n) is 3.46. The predicted octanol–water partition coefficient (Wildman–Crippen LogP) is 2.98. The van der Waals surface area contributed by atoms with Gasteiger partial charge in [0.15, 0.2) is 0 Å². The molecule has 1 amide bonds. The summed E-state index contributed by atoms with van der Waals surface area (Å²) in [7, 11) is 0. The quantitative estimate of drug-likeness (QED) is 0.907. The van der Waals surface area contributed by atoms with Crippen LogP contribution in [-0.4, -0.2) is 42.4 Å². The van der Waals surface area contributed by atoms with Gasteiger partial charge in [-0.15, -0.1) is 0 Å². The Bertz CT molecular complexity index is 513. The van der Waals surface area contributed by atoms with E-state index >= 15 is 0 Å². The highest BCUT2D eigenvalue weighted by molar-refractivity contribution is 6.30. The van der Waals surface area contributed by atoms with Crippen molar-refractivity contribution in [2.45, 2.75) is 38.5 Å². The van der Waals surface area contributed by atoms with E-state index in [0.717, 1.165) is 5.56 Å². The molecule has 2 N–H and O–H groups in total. The molecule has 22 heavy (non-hydrogen) atoms. The van der Waals surface area contributed by atoms with Crippen molar-refractivity contribution in [1.29, 1.82) is 0 Å². The minimum Gasteiger partial charge on any atom is -0.444 e. The number of nitrogens with zero attached hydrogens (tertiary/aromatic N) is 1. The van der Waals surface area contributed by atoms with Gasteiger partial charge in [-0.2, -0.15) is 0 Å². The molecule has 0 radical (unpaired) electrons. The van der Waals surface area contributed by atoms with Gasteiger partial charge in [0.05, 0.1) is 25.3 Å². The molecule has 0 aromatic heterocycles. The first-order valence-corrected chi connectivity index (χ1v) is 7.74. The second kappa shape index (κ2) is 6.86. The molecule has 0 aliphatic carbocycles. The number of hydrogen-bond donors (Lipinski definition) is 1. The van der Waals surface area contributed by atoms with Crippen molar-refractivity contribution in [2.24, 2.45) is 5.73 Å². The molecule has 1 saturated heterocycles. The molecule has 5 nitrogen and oxygen atoms in total. The number of halogens is 1. The maximum Gasteiger partial charge on any atom is 0.410 e. The van der Waals surface area contributed by atoms with Crippen LogP contribution in [0.15, 0.2) is 24.3 Å². The normalized spacial score (nSPS) is 20.6. The van der Waals surface area contributed by atoms with E-state index in [1.54, 1.807) is 17.0 Å². The highest BCUT2D eigenvalue weighted by Gasteiger charge is 2.35. The van der Waals surface area contributed by atoms with Crippen LogP contribution in [-0.2, 0) is 9.47 Å². The number of carbonyl (C=O) groups excluding carboxylic acids is 1. The van der Waals surface area contributed by atoms with Gasteiger partial charge in [0.1, 0.15) is 5.60 Å². The minimum atomic E-state index is -0.537. The number of ether oxygens (including phenoxy) is 2. The summed E-state index contributed by atoms with van der Waals surface area (Å²) in [6.45, 7) is 6.89. The standard InChI is InChI=1S/C16H23ClN2O3/c1-16(2,3)22-15(20)19-8-9-21-10-13(19)14(18)11-4-6-12(17)7-5-11/h4-7,13-14H,8-10,18H2,1-3H3. The molecule has 122 valence electrons. The van der Waals surface area contributed by atoms with Crippen LogP contribution >= 0.6 is 11.6 Å². The number of carbonyl (C=O) groups is 1. The molecule has 1 aliphatic rings. The van der Waals surface area contributed by atoms with E-state index < -0.39 is 5.60 Å². The molecule has 0 spiro atoms. The number of amides is 1. The first kappa shape index (κ1) is 17.1. The summed E-state index contributed by atoms with van der Waals surface area (Å²) >= 11 is 5.90. The molecule has 2 unspecified atom stereocenters. The van der Waals surface area contributed by atoms with Crippen LogP contribution in [0.4, 0.5) is 4.79 Å². The zero-order chi connectivity index (χ0) is 16.3. The third kappa shape index (κ3) is 4.35. The van der Waals surface area contributed by atoms with Crippen molar-refractivity contribution in [3.8, 4) is 0 Å². The van der Waals surface area contributed by atoms with Crippen LogP contribution in [0.25, 0.3) is 0 Å². The van der Waals surface area contributed by atoms with Gasteiger partial charge in [-0.25, -0.2) is 4.79 Å². The van der Waals surface area contributed by atoms with E-state index in [1.807, 2.05) is 32.9 Å². The molecule has 6 heteroatoms. The Morgan fingerprint density at radius 1 is 1.41 bits per heavy atom. The summed E-state index contributed by atoms with van der Waals surface area (Å²) in [5, 5.41) is 0.653. The van der Waals surface area contributed by atoms with Crippen LogP contribution < -0.4 is 5.73 Å². The van der Waals surface area contributed by atoms with Gasteiger partial charge in [0.2, 0.25) is 0 Å². The number of hydrogen-bond acceptors (Lipinski definition) is 4. The van der Waals surface area contributed by atoms with E-state index in [-0.39, 0.29) is 18.2 Å². The molecular weight excluding hydrogens is 304 g/mol. The van der Waals surface area contributed by atoms with Gasteiger partial charge < -0.3 is 15.2 Å². The summed E-state index contributed by atoms with van der Waals surface area (Å²) in [4.78, 5) is 14.0. The Morgan fingerprint density at radius 3 is 2.64 bits per heavy atom. The number of nitrogens with two attached hydrogens (primary N) is 1. The van der Waals surface area contributed by atoms with Crippen LogP contribution in [0.5, 0.6) is 0 Å². The molecule has 2 rings (SSSR count). The lowest BCUT2D eigenvalue weighted by molar-refractivity contribution is -0.0382. The zero-order valence-corrected chi connectivity index (χ0v) is 14.0. The lowest BCUT2D eigenvalue weighted by atomic mass is 9.99. The van der Waals surface area contributed by atoms with E-state index in [1.165, 1.54) is 0 Å². The predicted molar refractivity (Wildman–Crippen MR) is 85.9 cm³/mol. The number of benzene rings is 1. The molecule has 1 fully saturated rings. The summed E-state index contributed by atoms with van der Waals surface area (Å²) in [5.41, 5.74) is 6.71. The Balaban J connectivity index is 2.15. The minimum absolute atomic E-state index is 0.259. The fourth-order valence-corrected chi connectivity index (χ4v) is 2.50. The van der Waals surface area contributed by atoms with Gasteiger partial charge in [-0.1, -0.05) is 23.7 Å². The lowest BCUT2D eigenvalue weighted by Crippen LogP contribution is -2.54. The fraction of sp³-hybridized carbons (Fsp3) is 0.562. The van der Waals surface area contributed by atoms with E-state index in [2.05, 4.69) is 0 Å². The lowest BCUT2D eigenvalue weighted by Gasteiger charge is -2.39. The average Bonchev–Trinajstić information content (AvgIpc) is 2.45. The summed E-state index contributed by atoms with van der Waals surface area (Å²) in [6, 6.07) is 6.70. The number of morpholine rings is 1. The van der Waals surface area contributed by atoms with Crippen molar-refractivity contribution >= 4 is 17.7 Å². The SMILES string of the molecule is CC(C)(C)OC(=O)N1CCOCC1C(N)c1ccc(Cl)cc1. The molecule has 2 atom stereocenters. The summed E-state index contributed by atoms with van der Waals surface area (Å²) in [5.74, 6) is 0. The van der Waals surface area contributed by atoms with Crippen molar-refractivity contribution < 1.29 is 14.3 Å². The van der Waals surface area contributed by atoms with Gasteiger partial charge in [0.25, 0.3) is 0 Å². The Hall–Kier alpha value is -1.30. The molecule has 1 heterocycles.